The van der Waals surface area contributed by atoms with E-state index in [9.17, 15) is 14.4 Å². The van der Waals surface area contributed by atoms with Crippen LogP contribution < -0.4 is 5.32 Å². The van der Waals surface area contributed by atoms with Gasteiger partial charge in [-0.1, -0.05) is 0 Å². The molecule has 9 nitrogen and oxygen atoms in total. The lowest BCUT2D eigenvalue weighted by Crippen LogP contribution is -2.39. The number of aromatic amines is 1. The highest BCUT2D eigenvalue weighted by Crippen LogP contribution is 2.05. The predicted octanol–water partition coefficient (Wildman–Crippen LogP) is -1.06. The molecule has 0 saturated carbocycles. The molecule has 1 aromatic heterocycles. The van der Waals surface area contributed by atoms with Gasteiger partial charge in [0, 0.05) is 20.7 Å². The minimum Gasteiger partial charge on any atom is -0.477 e. The number of nitrogens with one attached hydrogen (secondary N) is 2. The van der Waals surface area contributed by atoms with E-state index in [0.717, 1.165) is 11.2 Å². The molecule has 0 unspecified atom stereocenters. The summed E-state index contributed by atoms with van der Waals surface area (Å²) in [7, 11) is 2.89. The molecule has 20 heavy (non-hydrogen) atoms. The van der Waals surface area contributed by atoms with Gasteiger partial charge in [-0.2, -0.15) is 0 Å². The van der Waals surface area contributed by atoms with Gasteiger partial charge in [0.15, 0.2) is 11.4 Å². The standard InChI is InChI=1S/C11H16N4O5/c1-15(5-7(16)12-3-4-20-2)10(17)8-9(11(18)19)14-6-13-8/h6H,3-5H2,1-2H3,(H,12,16)(H,13,14)(H,18,19). The molecule has 1 heterocycles. The molecule has 0 aliphatic heterocycles. The number of carboxylic acid groups (broad SMARTS) is 1. The highest BCUT2D eigenvalue weighted by Gasteiger charge is 2.23. The van der Waals surface area contributed by atoms with Crippen LogP contribution in [0.4, 0.5) is 0 Å². The quantitative estimate of drug-likeness (QED) is 0.548. The third kappa shape index (κ3) is 4.05. The van der Waals surface area contributed by atoms with E-state index in [0.29, 0.717) is 13.2 Å². The van der Waals surface area contributed by atoms with Crippen molar-refractivity contribution in [3.8, 4) is 0 Å². The number of methoxy groups -OCH3 is 1. The number of likely N-dealkylation sites (N-methyl/N-ethyl adjacent to an activating group) is 1. The largest absolute Gasteiger partial charge is 0.477 e. The van der Waals surface area contributed by atoms with Crippen LogP contribution in [0.15, 0.2) is 6.33 Å². The van der Waals surface area contributed by atoms with Crippen molar-refractivity contribution in [3.63, 3.8) is 0 Å². The van der Waals surface area contributed by atoms with Gasteiger partial charge in [-0.3, -0.25) is 9.59 Å². The molecule has 3 N–H and O–H groups in total. The topological polar surface area (TPSA) is 125 Å². The molecule has 1 aromatic rings. The summed E-state index contributed by atoms with van der Waals surface area (Å²) in [4.78, 5) is 41.5. The fourth-order valence-corrected chi connectivity index (χ4v) is 1.44. The number of ether oxygens (including phenoxy) is 1. The van der Waals surface area contributed by atoms with Crippen molar-refractivity contribution in [3.05, 3.63) is 17.7 Å². The van der Waals surface area contributed by atoms with Crippen LogP contribution in [0.1, 0.15) is 21.0 Å². The maximum atomic E-state index is 12.0. The van der Waals surface area contributed by atoms with E-state index in [2.05, 4.69) is 15.3 Å². The number of carbonyl (C=O) groups excluding carboxylic acids is 2. The molecule has 0 spiro atoms. The predicted molar refractivity (Wildman–Crippen MR) is 67.4 cm³/mol. The van der Waals surface area contributed by atoms with Crippen molar-refractivity contribution in [2.45, 2.75) is 0 Å². The number of amides is 2. The average Bonchev–Trinajstić information content (AvgIpc) is 2.87. The number of H-pyrrole nitrogens is 1. The normalized spacial score (nSPS) is 10.1. The summed E-state index contributed by atoms with van der Waals surface area (Å²) in [6, 6.07) is 0. The molecule has 0 radical (unpaired) electrons. The Labute approximate surface area is 114 Å². The fraction of sp³-hybridized carbons (Fsp3) is 0.455. The van der Waals surface area contributed by atoms with Crippen LogP contribution in [0.25, 0.3) is 0 Å². The van der Waals surface area contributed by atoms with E-state index in [1.807, 2.05) is 0 Å². The van der Waals surface area contributed by atoms with Gasteiger partial charge in [-0.25, -0.2) is 9.78 Å². The van der Waals surface area contributed by atoms with E-state index in [1.165, 1.54) is 14.2 Å². The summed E-state index contributed by atoms with van der Waals surface area (Å²) in [5.74, 6) is -2.31. The van der Waals surface area contributed by atoms with Crippen molar-refractivity contribution >= 4 is 17.8 Å². The number of hydrogen-bond donors (Lipinski definition) is 3. The van der Waals surface area contributed by atoms with Crippen LogP contribution in [0, 0.1) is 0 Å². The van der Waals surface area contributed by atoms with E-state index < -0.39 is 11.9 Å². The fourth-order valence-electron chi connectivity index (χ4n) is 1.44. The van der Waals surface area contributed by atoms with Crippen LogP contribution >= 0.6 is 0 Å². The van der Waals surface area contributed by atoms with Gasteiger partial charge in [0.1, 0.15) is 0 Å². The number of carboxylic acids is 1. The maximum Gasteiger partial charge on any atom is 0.354 e. The zero-order valence-electron chi connectivity index (χ0n) is 11.2. The van der Waals surface area contributed by atoms with Crippen LogP contribution in [0.5, 0.6) is 0 Å². The SMILES string of the molecule is COCCNC(=O)CN(C)C(=O)c1nc[nH]c1C(=O)O. The monoisotopic (exact) mass is 284 g/mol. The second kappa shape index (κ2) is 7.24. The Bertz CT molecular complexity index is 499. The van der Waals surface area contributed by atoms with Gasteiger partial charge in [0.05, 0.1) is 19.5 Å². The van der Waals surface area contributed by atoms with Gasteiger partial charge in [0.2, 0.25) is 5.91 Å². The molecule has 1 rings (SSSR count). The van der Waals surface area contributed by atoms with Crippen molar-refractivity contribution in [1.82, 2.24) is 20.2 Å². The zero-order chi connectivity index (χ0) is 15.1. The first-order chi connectivity index (χ1) is 9.47. The summed E-state index contributed by atoms with van der Waals surface area (Å²) in [6.45, 7) is 0.501. The molecule has 0 atom stereocenters. The van der Waals surface area contributed by atoms with Gasteiger partial charge in [0.25, 0.3) is 5.91 Å². The molecule has 110 valence electrons. The Morgan fingerprint density at radius 2 is 2.20 bits per heavy atom. The lowest BCUT2D eigenvalue weighted by Gasteiger charge is -2.15. The van der Waals surface area contributed by atoms with Gasteiger partial charge >= 0.3 is 5.97 Å². The summed E-state index contributed by atoms with van der Waals surface area (Å²) >= 11 is 0. The van der Waals surface area contributed by atoms with Crippen molar-refractivity contribution in [2.24, 2.45) is 0 Å². The lowest BCUT2D eigenvalue weighted by atomic mass is 10.3. The molecule has 0 aliphatic rings. The number of rotatable bonds is 7. The summed E-state index contributed by atoms with van der Waals surface area (Å²) < 4.78 is 4.77. The van der Waals surface area contributed by atoms with E-state index >= 15 is 0 Å². The molecular weight excluding hydrogens is 268 g/mol. The highest BCUT2D eigenvalue weighted by atomic mass is 16.5. The van der Waals surface area contributed by atoms with E-state index in [-0.39, 0.29) is 23.8 Å². The van der Waals surface area contributed by atoms with E-state index in [1.54, 1.807) is 0 Å². The minimum atomic E-state index is -1.29. The Hall–Kier alpha value is -2.42. The number of carbonyl (C=O) groups is 3. The molecule has 0 fully saturated rings. The summed E-state index contributed by atoms with van der Waals surface area (Å²) in [6.07, 6.45) is 1.11. The molecule has 2 amide bonds. The average molecular weight is 284 g/mol. The molecule has 0 saturated heterocycles. The van der Waals surface area contributed by atoms with Crippen LogP contribution in [0.2, 0.25) is 0 Å². The third-order valence-electron chi connectivity index (χ3n) is 2.41. The first-order valence-electron chi connectivity index (χ1n) is 5.75. The van der Waals surface area contributed by atoms with Crippen molar-refractivity contribution < 1.29 is 24.2 Å². The summed E-state index contributed by atoms with van der Waals surface area (Å²) in [5.41, 5.74) is -0.536. The lowest BCUT2D eigenvalue weighted by molar-refractivity contribution is -0.121. The second-order valence-electron chi connectivity index (χ2n) is 3.94. The van der Waals surface area contributed by atoms with Gasteiger partial charge < -0.3 is 25.0 Å². The van der Waals surface area contributed by atoms with Gasteiger partial charge in [-0.15, -0.1) is 0 Å². The third-order valence-corrected chi connectivity index (χ3v) is 2.41. The molecule has 0 aromatic carbocycles. The smallest absolute Gasteiger partial charge is 0.354 e. The Morgan fingerprint density at radius 1 is 1.50 bits per heavy atom. The first kappa shape index (κ1) is 15.6. The second-order valence-corrected chi connectivity index (χ2v) is 3.94. The van der Waals surface area contributed by atoms with Crippen LogP contribution in [0.3, 0.4) is 0 Å². The maximum absolute atomic E-state index is 12.0. The Morgan fingerprint density at radius 3 is 2.80 bits per heavy atom. The Balaban J connectivity index is 2.60. The number of nitrogens with zero attached hydrogens (tertiary/aromatic N) is 2. The van der Waals surface area contributed by atoms with Crippen LogP contribution in [-0.2, 0) is 9.53 Å². The summed E-state index contributed by atoms with van der Waals surface area (Å²) in [5, 5.41) is 11.4. The van der Waals surface area contributed by atoms with Crippen molar-refractivity contribution in [2.75, 3.05) is 33.9 Å². The van der Waals surface area contributed by atoms with Crippen LogP contribution in [-0.4, -0.2) is 71.6 Å². The molecule has 9 heteroatoms. The minimum absolute atomic E-state index is 0.200. The first-order valence-corrected chi connectivity index (χ1v) is 5.75. The molecule has 0 bridgehead atoms. The van der Waals surface area contributed by atoms with Crippen molar-refractivity contribution in [1.29, 1.82) is 0 Å². The Kier molecular flexibility index (Phi) is 5.66. The number of aromatic nitrogens is 2. The van der Waals surface area contributed by atoms with Gasteiger partial charge in [-0.05, 0) is 0 Å². The number of imidazole rings is 1. The number of hydrogen-bond acceptors (Lipinski definition) is 5. The molecule has 0 aliphatic carbocycles. The number of aromatic carboxylic acids is 1. The highest BCUT2D eigenvalue weighted by molar-refractivity contribution is 6.03. The molecular formula is C11H16N4O5. The zero-order valence-corrected chi connectivity index (χ0v) is 11.2. The van der Waals surface area contributed by atoms with E-state index in [4.69, 9.17) is 9.84 Å².